The lowest BCUT2D eigenvalue weighted by atomic mass is 10.2. The van der Waals surface area contributed by atoms with Gasteiger partial charge in [0.1, 0.15) is 17.9 Å². The van der Waals surface area contributed by atoms with Crippen LogP contribution in [0.1, 0.15) is 13.3 Å². The molecule has 0 spiro atoms. The zero-order valence-electron chi connectivity index (χ0n) is 14.0. The molecule has 1 amide bonds. The summed E-state index contributed by atoms with van der Waals surface area (Å²) in [4.78, 5) is 43.4. The molecule has 0 aliphatic rings. The fourth-order valence-corrected chi connectivity index (χ4v) is 4.39. The van der Waals surface area contributed by atoms with Crippen molar-refractivity contribution in [2.24, 2.45) is 0 Å². The van der Waals surface area contributed by atoms with Gasteiger partial charge in [0.15, 0.2) is 0 Å². The highest BCUT2D eigenvalue weighted by atomic mass is 32.1. The van der Waals surface area contributed by atoms with Crippen LogP contribution in [0.25, 0.3) is 20.7 Å². The molecule has 3 aromatic rings. The maximum absolute atomic E-state index is 12.9. The normalized spacial score (nSPS) is 11.0. The first kappa shape index (κ1) is 18.3. The molecule has 0 aromatic carbocycles. The van der Waals surface area contributed by atoms with Gasteiger partial charge in [0.05, 0.1) is 11.7 Å². The van der Waals surface area contributed by atoms with Crippen molar-refractivity contribution >= 4 is 44.8 Å². The average molecular weight is 391 g/mol. The minimum Gasteiger partial charge on any atom is -0.480 e. The molecule has 0 aliphatic carbocycles. The van der Waals surface area contributed by atoms with Crippen LogP contribution in [0.2, 0.25) is 0 Å². The van der Waals surface area contributed by atoms with Crippen LogP contribution in [0, 0.1) is 0 Å². The maximum atomic E-state index is 12.9. The van der Waals surface area contributed by atoms with Crippen LogP contribution in [-0.2, 0) is 16.1 Å². The number of rotatable bonds is 7. The van der Waals surface area contributed by atoms with Crippen LogP contribution >= 0.6 is 22.7 Å². The third kappa shape index (κ3) is 3.68. The second-order valence-electron chi connectivity index (χ2n) is 5.69. The van der Waals surface area contributed by atoms with Crippen LogP contribution in [0.5, 0.6) is 0 Å². The van der Waals surface area contributed by atoms with Crippen molar-refractivity contribution in [3.63, 3.8) is 0 Å². The highest BCUT2D eigenvalue weighted by molar-refractivity contribution is 7.18. The molecule has 0 fully saturated rings. The Morgan fingerprint density at radius 2 is 2.15 bits per heavy atom. The molecular weight excluding hydrogens is 374 g/mol. The van der Waals surface area contributed by atoms with Crippen molar-refractivity contribution in [1.82, 2.24) is 14.5 Å². The van der Waals surface area contributed by atoms with Crippen LogP contribution in [0.3, 0.4) is 0 Å². The van der Waals surface area contributed by atoms with E-state index in [4.69, 9.17) is 5.11 Å². The minimum absolute atomic E-state index is 0.227. The summed E-state index contributed by atoms with van der Waals surface area (Å²) in [5.41, 5.74) is 0.523. The van der Waals surface area contributed by atoms with Gasteiger partial charge in [-0.1, -0.05) is 13.0 Å². The maximum Gasteiger partial charge on any atom is 0.323 e. The first-order chi connectivity index (χ1) is 12.5. The molecule has 0 radical (unpaired) electrons. The van der Waals surface area contributed by atoms with Crippen molar-refractivity contribution < 1.29 is 14.7 Å². The third-order valence-electron chi connectivity index (χ3n) is 3.83. The van der Waals surface area contributed by atoms with Crippen LogP contribution in [0.15, 0.2) is 34.0 Å². The molecule has 3 aromatic heterocycles. The molecule has 1 N–H and O–H groups in total. The number of aromatic nitrogens is 2. The molecule has 0 unspecified atom stereocenters. The van der Waals surface area contributed by atoms with E-state index in [2.05, 4.69) is 4.98 Å². The second-order valence-corrected chi connectivity index (χ2v) is 7.50. The SMILES string of the molecule is CCCN(CC(=O)O)C(=O)Cn1cnc2scc(-c3cccs3)c2c1=O. The molecule has 0 atom stereocenters. The fraction of sp³-hybridized carbons (Fsp3) is 0.294. The monoisotopic (exact) mass is 391 g/mol. The van der Waals surface area contributed by atoms with Gasteiger partial charge in [-0.05, 0) is 17.9 Å². The van der Waals surface area contributed by atoms with Crippen LogP contribution in [0.4, 0.5) is 0 Å². The summed E-state index contributed by atoms with van der Waals surface area (Å²) in [5, 5.41) is 13.3. The number of amides is 1. The summed E-state index contributed by atoms with van der Waals surface area (Å²) in [5.74, 6) is -1.49. The Labute approximate surface area is 157 Å². The van der Waals surface area contributed by atoms with Gasteiger partial charge in [-0.3, -0.25) is 19.0 Å². The number of carbonyl (C=O) groups excluding carboxylic acids is 1. The second kappa shape index (κ2) is 7.79. The molecule has 7 nitrogen and oxygen atoms in total. The van der Waals surface area contributed by atoms with E-state index in [1.807, 2.05) is 29.8 Å². The highest BCUT2D eigenvalue weighted by Gasteiger charge is 2.19. The Hall–Kier alpha value is -2.52. The predicted molar refractivity (Wildman–Crippen MR) is 102 cm³/mol. The summed E-state index contributed by atoms with van der Waals surface area (Å²) in [7, 11) is 0. The number of carboxylic acids is 1. The van der Waals surface area contributed by atoms with Gasteiger partial charge in [-0.2, -0.15) is 0 Å². The van der Waals surface area contributed by atoms with Gasteiger partial charge >= 0.3 is 5.97 Å². The Morgan fingerprint density at radius 1 is 1.35 bits per heavy atom. The molecule has 26 heavy (non-hydrogen) atoms. The van der Waals surface area contributed by atoms with Crippen molar-refractivity contribution in [1.29, 1.82) is 0 Å². The van der Waals surface area contributed by atoms with Crippen molar-refractivity contribution in [3.05, 3.63) is 39.6 Å². The molecule has 9 heteroatoms. The van der Waals surface area contributed by atoms with Crippen LogP contribution < -0.4 is 5.56 Å². The number of carboxylic acid groups (broad SMARTS) is 1. The van der Waals surface area contributed by atoms with Crippen molar-refractivity contribution in [2.75, 3.05) is 13.1 Å². The number of hydrogen-bond acceptors (Lipinski definition) is 6. The van der Waals surface area contributed by atoms with E-state index in [9.17, 15) is 14.4 Å². The van der Waals surface area contributed by atoms with Crippen molar-refractivity contribution in [2.45, 2.75) is 19.9 Å². The molecule has 136 valence electrons. The lowest BCUT2D eigenvalue weighted by Gasteiger charge is -2.20. The Bertz CT molecular complexity index is 991. The van der Waals surface area contributed by atoms with E-state index in [1.54, 1.807) is 0 Å². The van der Waals surface area contributed by atoms with E-state index in [0.29, 0.717) is 23.2 Å². The summed E-state index contributed by atoms with van der Waals surface area (Å²) in [6, 6.07) is 3.85. The quantitative estimate of drug-likeness (QED) is 0.668. The predicted octanol–water partition coefficient (Wildman–Crippen LogP) is 2.51. The third-order valence-corrected chi connectivity index (χ3v) is 5.61. The standard InChI is InChI=1S/C17H17N3O4S2/c1-2-5-19(8-14(22)23)13(21)7-20-10-18-16-15(17(20)24)11(9-26-16)12-4-3-6-25-12/h3-4,6,9-10H,2,5,7-8H2,1H3,(H,22,23). The van der Waals surface area contributed by atoms with Crippen LogP contribution in [-0.4, -0.2) is 44.5 Å². The number of nitrogens with zero attached hydrogens (tertiary/aromatic N) is 3. The minimum atomic E-state index is -1.08. The number of aliphatic carboxylic acids is 1. The molecule has 0 saturated heterocycles. The zero-order valence-corrected chi connectivity index (χ0v) is 15.7. The first-order valence-electron chi connectivity index (χ1n) is 8.01. The Kier molecular flexibility index (Phi) is 5.48. The Balaban J connectivity index is 1.94. The van der Waals surface area contributed by atoms with Gasteiger partial charge < -0.3 is 10.0 Å². The highest BCUT2D eigenvalue weighted by Crippen LogP contribution is 2.33. The van der Waals surface area contributed by atoms with E-state index in [1.165, 1.54) is 38.5 Å². The topological polar surface area (TPSA) is 92.5 Å². The average Bonchev–Trinajstić information content (AvgIpc) is 3.25. The summed E-state index contributed by atoms with van der Waals surface area (Å²) in [6.07, 6.45) is 1.99. The van der Waals surface area contributed by atoms with E-state index < -0.39 is 11.9 Å². The van der Waals surface area contributed by atoms with Crippen molar-refractivity contribution in [3.8, 4) is 10.4 Å². The van der Waals surface area contributed by atoms with Gasteiger partial charge in [0, 0.05) is 22.4 Å². The Morgan fingerprint density at radius 3 is 2.81 bits per heavy atom. The van der Waals surface area contributed by atoms with E-state index in [0.717, 1.165) is 10.4 Å². The zero-order chi connectivity index (χ0) is 18.7. The molecule has 0 saturated carbocycles. The lowest BCUT2D eigenvalue weighted by molar-refractivity contribution is -0.144. The molecular formula is C17H17N3O4S2. The number of hydrogen-bond donors (Lipinski definition) is 1. The molecule has 0 bridgehead atoms. The van der Waals surface area contributed by atoms with Gasteiger partial charge in [-0.15, -0.1) is 22.7 Å². The van der Waals surface area contributed by atoms with Gasteiger partial charge in [0.2, 0.25) is 5.91 Å². The van der Waals surface area contributed by atoms with Gasteiger partial charge in [0.25, 0.3) is 5.56 Å². The van der Waals surface area contributed by atoms with E-state index >= 15 is 0 Å². The summed E-state index contributed by atoms with van der Waals surface area (Å²) in [6.45, 7) is 1.58. The lowest BCUT2D eigenvalue weighted by Crippen LogP contribution is -2.40. The molecule has 0 aliphatic heterocycles. The molecule has 3 rings (SSSR count). The van der Waals surface area contributed by atoms with Gasteiger partial charge in [-0.25, -0.2) is 4.98 Å². The largest absolute Gasteiger partial charge is 0.480 e. The number of carbonyl (C=O) groups is 2. The smallest absolute Gasteiger partial charge is 0.323 e. The number of thiophene rings is 2. The summed E-state index contributed by atoms with van der Waals surface area (Å²) >= 11 is 2.92. The first-order valence-corrected chi connectivity index (χ1v) is 9.77. The molecule has 3 heterocycles. The fourth-order valence-electron chi connectivity index (χ4n) is 2.66. The number of fused-ring (bicyclic) bond motifs is 1. The van der Waals surface area contributed by atoms with E-state index in [-0.39, 0.29) is 18.6 Å². The summed E-state index contributed by atoms with van der Waals surface area (Å²) < 4.78 is 1.25.